The van der Waals surface area contributed by atoms with Gasteiger partial charge in [-0.3, -0.25) is 9.48 Å². The van der Waals surface area contributed by atoms with E-state index >= 15 is 0 Å². The van der Waals surface area contributed by atoms with Gasteiger partial charge in [-0.2, -0.15) is 5.10 Å². The Hall–Kier alpha value is -1.17. The Labute approximate surface area is 120 Å². The number of hydrogen-bond donors (Lipinski definition) is 0. The van der Waals surface area contributed by atoms with Gasteiger partial charge in [-0.25, -0.2) is 0 Å². The first-order valence-electron chi connectivity index (χ1n) is 5.96. The topological polar surface area (TPSA) is 34.9 Å². The molecule has 0 bridgehead atoms. The molecule has 0 aliphatic carbocycles. The monoisotopic (exact) mass is 354 g/mol. The van der Waals surface area contributed by atoms with E-state index in [4.69, 9.17) is 0 Å². The second kappa shape index (κ2) is 5.65. The number of benzene rings is 1. The van der Waals surface area contributed by atoms with Gasteiger partial charge in [0.05, 0.1) is 5.56 Å². The van der Waals surface area contributed by atoms with Crippen LogP contribution in [0.3, 0.4) is 0 Å². The van der Waals surface area contributed by atoms with Gasteiger partial charge in [-0.05, 0) is 42.0 Å². The minimum absolute atomic E-state index is 0.304. The Morgan fingerprint density at radius 1 is 1.44 bits per heavy atom. The lowest BCUT2D eigenvalue weighted by atomic mass is 10.1. The van der Waals surface area contributed by atoms with Crippen molar-refractivity contribution in [3.8, 4) is 11.3 Å². The van der Waals surface area contributed by atoms with E-state index in [1.54, 1.807) is 0 Å². The third-order valence-electron chi connectivity index (χ3n) is 3.06. The molecular weight excluding hydrogens is 339 g/mol. The van der Waals surface area contributed by atoms with E-state index in [0.717, 1.165) is 27.5 Å². The number of halogens is 1. The first kappa shape index (κ1) is 13.3. The van der Waals surface area contributed by atoms with Crippen LogP contribution in [0.4, 0.5) is 0 Å². The van der Waals surface area contributed by atoms with Crippen molar-refractivity contribution in [3.05, 3.63) is 39.6 Å². The Morgan fingerprint density at radius 2 is 2.17 bits per heavy atom. The lowest BCUT2D eigenvalue weighted by Gasteiger charge is -2.08. The quantitative estimate of drug-likeness (QED) is 0.616. The van der Waals surface area contributed by atoms with Crippen LogP contribution in [0.25, 0.3) is 11.3 Å². The summed E-state index contributed by atoms with van der Waals surface area (Å²) in [5.41, 5.74) is 2.44. The summed E-state index contributed by atoms with van der Waals surface area (Å²) in [4.78, 5) is 11.2. The molecule has 2 rings (SSSR count). The predicted octanol–water partition coefficient (Wildman–Crippen LogP) is 3.94. The molecule has 1 unspecified atom stereocenters. The Bertz CT molecular complexity index is 563. The third kappa shape index (κ3) is 2.48. The minimum Gasteiger partial charge on any atom is -0.298 e. The van der Waals surface area contributed by atoms with Crippen LogP contribution in [0.15, 0.2) is 30.5 Å². The molecule has 1 heterocycles. The molecule has 18 heavy (non-hydrogen) atoms. The number of rotatable bonds is 4. The number of nitrogens with zero attached hydrogens (tertiary/aromatic N) is 2. The van der Waals surface area contributed by atoms with Crippen molar-refractivity contribution in [3.63, 3.8) is 0 Å². The van der Waals surface area contributed by atoms with Gasteiger partial charge in [0.2, 0.25) is 0 Å². The standard InChI is InChI=1S/C14H15IN2O/c1-3-10(2)17-8-11(9-18)14(16-17)12-6-4-5-7-13(12)15/h4-10H,3H2,1-2H3. The fourth-order valence-corrected chi connectivity index (χ4v) is 2.41. The fourth-order valence-electron chi connectivity index (χ4n) is 1.77. The lowest BCUT2D eigenvalue weighted by Crippen LogP contribution is -2.04. The molecular formula is C14H15IN2O. The molecule has 4 heteroatoms. The number of hydrogen-bond acceptors (Lipinski definition) is 2. The van der Waals surface area contributed by atoms with Gasteiger partial charge in [-0.15, -0.1) is 0 Å². The van der Waals surface area contributed by atoms with Crippen LogP contribution < -0.4 is 0 Å². The lowest BCUT2D eigenvalue weighted by molar-refractivity contribution is 0.112. The predicted molar refractivity (Wildman–Crippen MR) is 80.8 cm³/mol. The number of aromatic nitrogens is 2. The van der Waals surface area contributed by atoms with Crippen molar-refractivity contribution in [2.45, 2.75) is 26.3 Å². The van der Waals surface area contributed by atoms with Crippen LogP contribution in [-0.2, 0) is 0 Å². The first-order chi connectivity index (χ1) is 8.67. The molecule has 1 aromatic carbocycles. The van der Waals surface area contributed by atoms with Gasteiger partial charge in [0.15, 0.2) is 6.29 Å². The highest BCUT2D eigenvalue weighted by Gasteiger charge is 2.14. The Morgan fingerprint density at radius 3 is 2.78 bits per heavy atom. The van der Waals surface area contributed by atoms with Crippen molar-refractivity contribution in [1.29, 1.82) is 0 Å². The molecule has 0 aliphatic rings. The highest BCUT2D eigenvalue weighted by atomic mass is 127. The number of carbonyl (C=O) groups excluding carboxylic acids is 1. The summed E-state index contributed by atoms with van der Waals surface area (Å²) in [5, 5.41) is 4.56. The molecule has 0 spiro atoms. The zero-order valence-corrected chi connectivity index (χ0v) is 12.6. The zero-order chi connectivity index (χ0) is 13.1. The van der Waals surface area contributed by atoms with Crippen molar-refractivity contribution in [1.82, 2.24) is 9.78 Å². The van der Waals surface area contributed by atoms with E-state index in [2.05, 4.69) is 41.5 Å². The van der Waals surface area contributed by atoms with E-state index in [-0.39, 0.29) is 0 Å². The Kier molecular flexibility index (Phi) is 4.16. The average Bonchev–Trinajstić information content (AvgIpc) is 2.82. The second-order valence-corrected chi connectivity index (χ2v) is 5.43. The number of aldehydes is 1. The number of carbonyl (C=O) groups is 1. The van der Waals surface area contributed by atoms with Gasteiger partial charge < -0.3 is 0 Å². The highest BCUT2D eigenvalue weighted by Crippen LogP contribution is 2.27. The van der Waals surface area contributed by atoms with Crippen LogP contribution in [0.2, 0.25) is 0 Å². The van der Waals surface area contributed by atoms with E-state index in [9.17, 15) is 4.79 Å². The van der Waals surface area contributed by atoms with Crippen LogP contribution in [0.1, 0.15) is 36.7 Å². The smallest absolute Gasteiger partial charge is 0.153 e. The summed E-state index contributed by atoms with van der Waals surface area (Å²) in [7, 11) is 0. The summed E-state index contributed by atoms with van der Waals surface area (Å²) in [5.74, 6) is 0. The summed E-state index contributed by atoms with van der Waals surface area (Å²) in [6.45, 7) is 4.21. The van der Waals surface area contributed by atoms with E-state index in [1.807, 2.05) is 35.1 Å². The zero-order valence-electron chi connectivity index (χ0n) is 10.4. The van der Waals surface area contributed by atoms with Crippen molar-refractivity contribution in [2.24, 2.45) is 0 Å². The average molecular weight is 354 g/mol. The minimum atomic E-state index is 0.304. The fraction of sp³-hybridized carbons (Fsp3) is 0.286. The molecule has 0 aliphatic heterocycles. The molecule has 0 radical (unpaired) electrons. The maximum Gasteiger partial charge on any atom is 0.153 e. The van der Waals surface area contributed by atoms with Gasteiger partial charge in [0.1, 0.15) is 5.69 Å². The van der Waals surface area contributed by atoms with Crippen LogP contribution in [-0.4, -0.2) is 16.1 Å². The molecule has 3 nitrogen and oxygen atoms in total. The molecule has 0 fully saturated rings. The van der Waals surface area contributed by atoms with Crippen molar-refractivity contribution >= 4 is 28.9 Å². The summed E-state index contributed by atoms with van der Waals surface area (Å²) in [6.07, 6.45) is 3.70. The summed E-state index contributed by atoms with van der Waals surface area (Å²) >= 11 is 2.27. The van der Waals surface area contributed by atoms with E-state index < -0.39 is 0 Å². The Balaban J connectivity index is 2.54. The SMILES string of the molecule is CCC(C)n1cc(C=O)c(-c2ccccc2I)n1. The van der Waals surface area contributed by atoms with E-state index in [1.165, 1.54) is 0 Å². The molecule has 94 valence electrons. The second-order valence-electron chi connectivity index (χ2n) is 4.27. The molecule has 2 aromatic rings. The van der Waals surface area contributed by atoms with Gasteiger partial charge >= 0.3 is 0 Å². The summed E-state index contributed by atoms with van der Waals surface area (Å²) < 4.78 is 2.98. The highest BCUT2D eigenvalue weighted by molar-refractivity contribution is 14.1. The molecule has 0 amide bonds. The summed E-state index contributed by atoms with van der Waals surface area (Å²) in [6, 6.07) is 8.27. The molecule has 0 N–H and O–H groups in total. The molecule has 1 atom stereocenters. The molecule has 1 aromatic heterocycles. The van der Waals surface area contributed by atoms with Crippen LogP contribution in [0.5, 0.6) is 0 Å². The first-order valence-corrected chi connectivity index (χ1v) is 7.04. The third-order valence-corrected chi connectivity index (χ3v) is 4.00. The normalized spacial score (nSPS) is 12.4. The van der Waals surface area contributed by atoms with Gasteiger partial charge in [0, 0.05) is 21.4 Å². The maximum absolute atomic E-state index is 11.2. The van der Waals surface area contributed by atoms with Crippen molar-refractivity contribution in [2.75, 3.05) is 0 Å². The van der Waals surface area contributed by atoms with Crippen molar-refractivity contribution < 1.29 is 4.79 Å². The largest absolute Gasteiger partial charge is 0.298 e. The molecule has 0 saturated carbocycles. The maximum atomic E-state index is 11.2. The van der Waals surface area contributed by atoms with Gasteiger partial charge in [0.25, 0.3) is 0 Å². The van der Waals surface area contributed by atoms with Crippen LogP contribution in [0, 0.1) is 3.57 Å². The van der Waals surface area contributed by atoms with Gasteiger partial charge in [-0.1, -0.05) is 25.1 Å². The molecule has 0 saturated heterocycles. The van der Waals surface area contributed by atoms with E-state index in [0.29, 0.717) is 11.6 Å². The van der Waals surface area contributed by atoms with Crippen LogP contribution >= 0.6 is 22.6 Å².